The van der Waals surface area contributed by atoms with Gasteiger partial charge in [-0.05, 0) is 56.4 Å². The molecule has 1 aromatic rings. The summed E-state index contributed by atoms with van der Waals surface area (Å²) in [5.74, 6) is -0.146. The van der Waals surface area contributed by atoms with Crippen molar-refractivity contribution >= 4 is 15.9 Å². The molecule has 0 radical (unpaired) electrons. The van der Waals surface area contributed by atoms with Gasteiger partial charge in [-0.15, -0.1) is 0 Å². The van der Waals surface area contributed by atoms with Crippen LogP contribution in [0.5, 0.6) is 0 Å². The van der Waals surface area contributed by atoms with Crippen molar-refractivity contribution in [1.82, 2.24) is 14.5 Å². The van der Waals surface area contributed by atoms with Gasteiger partial charge in [0.15, 0.2) is 5.03 Å². The third kappa shape index (κ3) is 2.29. The first-order valence-electron chi connectivity index (χ1n) is 7.96. The van der Waals surface area contributed by atoms with Crippen molar-refractivity contribution in [2.24, 2.45) is 24.3 Å². The number of sulfonamides is 1. The number of nitrogens with zero attached hydrogens (tertiary/aromatic N) is 2. The van der Waals surface area contributed by atoms with Crippen molar-refractivity contribution in [1.29, 1.82) is 0 Å². The standard InChI is InChI=1S/C15H20FN3O3S/c1-19-12(2-3-17-19)23(21,22)18-13(20)14-5-10-4-11(6-14)8-15(16,7-10)9-14/h2-3,10-11H,4-9H2,1H3,(H,18,20). The molecule has 1 amide bonds. The van der Waals surface area contributed by atoms with Crippen LogP contribution in [0.4, 0.5) is 4.39 Å². The monoisotopic (exact) mass is 341 g/mol. The van der Waals surface area contributed by atoms with Crippen molar-refractivity contribution in [3.8, 4) is 0 Å². The van der Waals surface area contributed by atoms with E-state index in [9.17, 15) is 17.6 Å². The van der Waals surface area contributed by atoms with Crippen molar-refractivity contribution < 1.29 is 17.6 Å². The molecule has 8 heteroatoms. The molecule has 4 saturated carbocycles. The van der Waals surface area contributed by atoms with Crippen molar-refractivity contribution in [2.45, 2.75) is 49.2 Å². The summed E-state index contributed by atoms with van der Waals surface area (Å²) < 4.78 is 43.1. The van der Waals surface area contributed by atoms with Gasteiger partial charge in [0.05, 0.1) is 11.6 Å². The fraction of sp³-hybridized carbons (Fsp3) is 0.733. The lowest BCUT2D eigenvalue weighted by Gasteiger charge is -2.57. The molecule has 2 atom stereocenters. The highest BCUT2D eigenvalue weighted by Gasteiger charge is 2.61. The summed E-state index contributed by atoms with van der Waals surface area (Å²) in [6, 6.07) is 1.34. The van der Waals surface area contributed by atoms with Crippen LogP contribution in [0, 0.1) is 17.3 Å². The number of hydrogen-bond donors (Lipinski definition) is 1. The molecule has 126 valence electrons. The van der Waals surface area contributed by atoms with E-state index in [4.69, 9.17) is 0 Å². The van der Waals surface area contributed by atoms with Crippen LogP contribution in [0.3, 0.4) is 0 Å². The third-order valence-electron chi connectivity index (χ3n) is 5.75. The van der Waals surface area contributed by atoms with Crippen molar-refractivity contribution in [2.75, 3.05) is 0 Å². The summed E-state index contributed by atoms with van der Waals surface area (Å²) in [5.41, 5.74) is -2.16. The molecule has 6 nitrogen and oxygen atoms in total. The molecule has 0 spiro atoms. The number of rotatable bonds is 3. The minimum absolute atomic E-state index is 0.0643. The second-order valence-electron chi connectivity index (χ2n) is 7.62. The number of halogens is 1. The normalized spacial score (nSPS) is 38.7. The van der Waals surface area contributed by atoms with Gasteiger partial charge in [-0.1, -0.05) is 0 Å². The Morgan fingerprint density at radius 2 is 2.00 bits per heavy atom. The molecule has 2 unspecified atom stereocenters. The summed E-state index contributed by atoms with van der Waals surface area (Å²) in [6.45, 7) is 0. The first-order chi connectivity index (χ1) is 10.7. The van der Waals surface area contributed by atoms with Crippen LogP contribution in [-0.2, 0) is 21.9 Å². The van der Waals surface area contributed by atoms with Crippen LogP contribution in [-0.4, -0.2) is 29.8 Å². The summed E-state index contributed by atoms with van der Waals surface area (Å²) >= 11 is 0. The van der Waals surface area contributed by atoms with E-state index >= 15 is 0 Å². The van der Waals surface area contributed by atoms with E-state index in [2.05, 4.69) is 9.82 Å². The molecule has 1 aromatic heterocycles. The number of hydrogen-bond acceptors (Lipinski definition) is 4. The van der Waals surface area contributed by atoms with Crippen LogP contribution >= 0.6 is 0 Å². The van der Waals surface area contributed by atoms with Crippen LogP contribution in [0.2, 0.25) is 0 Å². The molecule has 23 heavy (non-hydrogen) atoms. The van der Waals surface area contributed by atoms with Crippen LogP contribution in [0.25, 0.3) is 0 Å². The van der Waals surface area contributed by atoms with E-state index in [1.807, 2.05) is 0 Å². The average molecular weight is 341 g/mol. The van der Waals surface area contributed by atoms with Gasteiger partial charge in [-0.25, -0.2) is 9.11 Å². The Morgan fingerprint density at radius 3 is 2.52 bits per heavy atom. The van der Waals surface area contributed by atoms with E-state index < -0.39 is 27.0 Å². The first-order valence-corrected chi connectivity index (χ1v) is 9.44. The maximum atomic E-state index is 14.9. The molecule has 1 heterocycles. The Morgan fingerprint density at radius 1 is 1.35 bits per heavy atom. The molecular formula is C15H20FN3O3S. The zero-order valence-electron chi connectivity index (χ0n) is 13.0. The summed E-state index contributed by atoms with van der Waals surface area (Å²) in [4.78, 5) is 12.8. The smallest absolute Gasteiger partial charge is 0.273 e. The van der Waals surface area contributed by atoms with Gasteiger partial charge >= 0.3 is 0 Å². The van der Waals surface area contributed by atoms with Crippen molar-refractivity contribution in [3.63, 3.8) is 0 Å². The predicted octanol–water partition coefficient (Wildman–Crippen LogP) is 1.53. The Hall–Kier alpha value is -1.44. The predicted molar refractivity (Wildman–Crippen MR) is 79.5 cm³/mol. The highest BCUT2D eigenvalue weighted by molar-refractivity contribution is 7.90. The molecule has 4 fully saturated rings. The van der Waals surface area contributed by atoms with E-state index in [0.29, 0.717) is 25.7 Å². The Balaban J connectivity index is 1.61. The molecule has 0 saturated heterocycles. The molecule has 0 aliphatic heterocycles. The lowest BCUT2D eigenvalue weighted by Crippen LogP contribution is -2.59. The van der Waals surface area contributed by atoms with Gasteiger partial charge in [-0.3, -0.25) is 9.48 Å². The van der Waals surface area contributed by atoms with E-state index in [0.717, 1.165) is 6.42 Å². The molecule has 4 bridgehead atoms. The minimum atomic E-state index is -3.98. The van der Waals surface area contributed by atoms with Gasteiger partial charge < -0.3 is 0 Å². The van der Waals surface area contributed by atoms with Crippen LogP contribution < -0.4 is 4.72 Å². The quantitative estimate of drug-likeness (QED) is 0.904. The Labute approximate surface area is 134 Å². The van der Waals surface area contributed by atoms with Crippen LogP contribution in [0.1, 0.15) is 38.5 Å². The lowest BCUT2D eigenvalue weighted by molar-refractivity contribution is -0.158. The number of alkyl halides is 1. The van der Waals surface area contributed by atoms with E-state index in [-0.39, 0.29) is 23.3 Å². The van der Waals surface area contributed by atoms with Crippen LogP contribution in [0.15, 0.2) is 17.3 Å². The first kappa shape index (κ1) is 15.1. The van der Waals surface area contributed by atoms with Gasteiger partial charge in [0.25, 0.3) is 10.0 Å². The molecule has 4 aliphatic carbocycles. The minimum Gasteiger partial charge on any atom is -0.273 e. The average Bonchev–Trinajstić information content (AvgIpc) is 2.82. The largest absolute Gasteiger partial charge is 0.281 e. The second-order valence-corrected chi connectivity index (χ2v) is 9.25. The van der Waals surface area contributed by atoms with Gasteiger partial charge in [0.1, 0.15) is 5.67 Å². The number of aromatic nitrogens is 2. The number of amides is 1. The number of aryl methyl sites for hydroxylation is 1. The number of carbonyl (C=O) groups is 1. The Bertz CT molecular complexity index is 759. The zero-order valence-corrected chi connectivity index (χ0v) is 13.8. The van der Waals surface area contributed by atoms with Gasteiger partial charge in [0, 0.05) is 7.05 Å². The molecule has 0 aromatic carbocycles. The van der Waals surface area contributed by atoms with E-state index in [1.165, 1.54) is 24.0 Å². The molecule has 5 rings (SSSR count). The topological polar surface area (TPSA) is 81.1 Å². The zero-order chi connectivity index (χ0) is 16.5. The molecule has 4 aliphatic rings. The maximum absolute atomic E-state index is 14.9. The number of carbonyl (C=O) groups excluding carboxylic acids is 1. The summed E-state index contributed by atoms with van der Waals surface area (Å²) in [5, 5.41) is 3.76. The summed E-state index contributed by atoms with van der Waals surface area (Å²) in [6.07, 6.45) is 4.72. The maximum Gasteiger partial charge on any atom is 0.281 e. The van der Waals surface area contributed by atoms with Gasteiger partial charge in [-0.2, -0.15) is 13.5 Å². The fourth-order valence-electron chi connectivity index (χ4n) is 5.32. The highest BCUT2D eigenvalue weighted by Crippen LogP contribution is 2.63. The third-order valence-corrected chi connectivity index (χ3v) is 7.15. The fourth-order valence-corrected chi connectivity index (χ4v) is 6.52. The lowest BCUT2D eigenvalue weighted by atomic mass is 9.48. The highest BCUT2D eigenvalue weighted by atomic mass is 32.2. The van der Waals surface area contributed by atoms with E-state index in [1.54, 1.807) is 0 Å². The molecular weight excluding hydrogens is 321 g/mol. The second kappa shape index (κ2) is 4.55. The van der Waals surface area contributed by atoms with Gasteiger partial charge in [0.2, 0.25) is 5.91 Å². The SMILES string of the molecule is Cn1nccc1S(=O)(=O)NC(=O)C12CC3CC(CC(F)(C3)C1)C2. The molecule has 1 N–H and O–H groups in total. The Kier molecular flexibility index (Phi) is 2.99. The number of nitrogens with one attached hydrogen (secondary N) is 1. The summed E-state index contributed by atoms with van der Waals surface area (Å²) in [7, 11) is -2.48. The van der Waals surface area contributed by atoms with Crippen molar-refractivity contribution in [3.05, 3.63) is 12.3 Å².